The molecular formula is C29H38F2IN3O2. The number of rotatable bonds is 12. The van der Waals surface area contributed by atoms with Gasteiger partial charge in [-0.05, 0) is 87.6 Å². The number of alkyl halides is 3. The number of unbranched alkanes of at least 4 members (excludes halogenated alkanes) is 2. The molecule has 1 amide bonds. The normalized spacial score (nSPS) is 21.2. The number of carbonyl (C=O) groups is 1. The molecule has 37 heavy (non-hydrogen) atoms. The van der Waals surface area contributed by atoms with Crippen molar-refractivity contribution in [2.24, 2.45) is 11.7 Å². The second-order valence-electron chi connectivity index (χ2n) is 10.3. The molecule has 0 aliphatic heterocycles. The number of halogens is 3. The van der Waals surface area contributed by atoms with E-state index in [1.54, 1.807) is 0 Å². The van der Waals surface area contributed by atoms with Crippen molar-refractivity contribution < 1.29 is 18.7 Å². The highest BCUT2D eigenvalue weighted by Crippen LogP contribution is 2.51. The summed E-state index contributed by atoms with van der Waals surface area (Å²) in [5.74, 6) is -0.176. The maximum Gasteiger partial charge on any atom is 0.308 e. The minimum atomic E-state index is -2.94. The van der Waals surface area contributed by atoms with Gasteiger partial charge in [-0.1, -0.05) is 72.3 Å². The number of aliphatic hydroxyl groups is 1. The quantitative estimate of drug-likeness (QED) is 0.115. The summed E-state index contributed by atoms with van der Waals surface area (Å²) in [6.45, 7) is -0.00000747. The zero-order valence-corrected chi connectivity index (χ0v) is 23.4. The van der Waals surface area contributed by atoms with Crippen molar-refractivity contribution in [2.75, 3.05) is 13.1 Å². The Morgan fingerprint density at radius 2 is 1.76 bits per heavy atom. The van der Waals surface area contributed by atoms with Crippen LogP contribution in [0.25, 0.3) is 11.1 Å². The van der Waals surface area contributed by atoms with E-state index in [-0.39, 0.29) is 17.9 Å². The Balaban J connectivity index is 1.44. The number of nitrogens with two attached hydrogens (primary N) is 1. The summed E-state index contributed by atoms with van der Waals surface area (Å²) in [5.41, 5.74) is 8.78. The molecule has 202 valence electrons. The maximum absolute atomic E-state index is 14.1. The summed E-state index contributed by atoms with van der Waals surface area (Å²) in [5, 5.41) is 16.3. The topological polar surface area (TPSA) is 87.4 Å². The molecular weight excluding hydrogens is 587 g/mol. The summed E-state index contributed by atoms with van der Waals surface area (Å²) >= 11 is -1.57. The Morgan fingerprint density at radius 3 is 2.38 bits per heavy atom. The highest BCUT2D eigenvalue weighted by Gasteiger charge is 2.48. The van der Waals surface area contributed by atoms with Crippen LogP contribution in [0.4, 0.5) is 8.78 Å². The highest BCUT2D eigenvalue weighted by molar-refractivity contribution is 14.2. The lowest BCUT2D eigenvalue weighted by molar-refractivity contribution is -0.126. The van der Waals surface area contributed by atoms with Crippen LogP contribution in [0.2, 0.25) is 0 Å². The molecule has 5 nitrogen and oxygen atoms in total. The van der Waals surface area contributed by atoms with Crippen molar-refractivity contribution in [1.29, 1.82) is 0 Å². The fraction of sp³-hybridized carbons (Fsp3) is 0.517. The second-order valence-corrected chi connectivity index (χ2v) is 12.7. The van der Waals surface area contributed by atoms with E-state index in [1.807, 2.05) is 48.5 Å². The molecule has 8 heteroatoms. The number of amides is 1. The maximum atomic E-state index is 14.1. The first kappa shape index (κ1) is 28.3. The third-order valence-electron chi connectivity index (χ3n) is 7.88. The van der Waals surface area contributed by atoms with Gasteiger partial charge in [0.05, 0.1) is 6.54 Å². The van der Waals surface area contributed by atoms with Crippen LogP contribution in [-0.2, 0) is 10.2 Å². The van der Waals surface area contributed by atoms with E-state index in [9.17, 15) is 18.7 Å². The Labute approximate surface area is 228 Å². The van der Waals surface area contributed by atoms with Crippen LogP contribution in [-0.4, -0.2) is 44.8 Å². The summed E-state index contributed by atoms with van der Waals surface area (Å²) < 4.78 is 28.6. The molecule has 0 spiro atoms. The molecule has 2 aromatic carbocycles. The lowest BCUT2D eigenvalue weighted by atomic mass is 9.73. The molecule has 0 saturated heterocycles. The second kappa shape index (κ2) is 12.4. The molecule has 2 aromatic rings. The first-order chi connectivity index (χ1) is 17.8. The van der Waals surface area contributed by atoms with Crippen molar-refractivity contribution >= 4 is 31.2 Å². The van der Waals surface area contributed by atoms with Gasteiger partial charge in [0, 0.05) is 6.04 Å². The summed E-state index contributed by atoms with van der Waals surface area (Å²) in [4.78, 5) is 13.8. The number of nitrogens with one attached hydrogen (secondary N) is 2. The van der Waals surface area contributed by atoms with Gasteiger partial charge >= 0.3 is 3.93 Å². The molecule has 3 unspecified atom stereocenters. The molecule has 5 N–H and O–H groups in total. The summed E-state index contributed by atoms with van der Waals surface area (Å²) in [6.07, 6.45) is 6.35. The van der Waals surface area contributed by atoms with Crippen LogP contribution in [0, 0.1) is 5.92 Å². The average Bonchev–Trinajstić information content (AvgIpc) is 3.20. The highest BCUT2D eigenvalue weighted by atomic mass is 127. The van der Waals surface area contributed by atoms with Gasteiger partial charge in [-0.3, -0.25) is 10.1 Å². The van der Waals surface area contributed by atoms with Crippen LogP contribution in [0.3, 0.4) is 0 Å². The van der Waals surface area contributed by atoms with Gasteiger partial charge in [0.25, 0.3) is 0 Å². The minimum Gasteiger partial charge on any atom is -0.378 e. The molecule has 1 fully saturated rings. The van der Waals surface area contributed by atoms with Crippen LogP contribution in [0.1, 0.15) is 62.5 Å². The molecule has 2 aliphatic rings. The van der Waals surface area contributed by atoms with Crippen LogP contribution >= 0.6 is 20.7 Å². The van der Waals surface area contributed by atoms with Crippen molar-refractivity contribution in [3.05, 3.63) is 59.7 Å². The Kier molecular flexibility index (Phi) is 9.48. The fourth-order valence-corrected chi connectivity index (χ4v) is 6.45. The Morgan fingerprint density at radius 1 is 1.11 bits per heavy atom. The van der Waals surface area contributed by atoms with E-state index in [2.05, 4.69) is 15.1 Å². The van der Waals surface area contributed by atoms with Gasteiger partial charge < -0.3 is 16.2 Å². The predicted molar refractivity (Wildman–Crippen MR) is 154 cm³/mol. The van der Waals surface area contributed by atoms with Crippen LogP contribution in [0.15, 0.2) is 48.5 Å². The van der Waals surface area contributed by atoms with Gasteiger partial charge in [-0.15, -0.1) is 0 Å². The summed E-state index contributed by atoms with van der Waals surface area (Å²) in [6, 6.07) is 15.8. The average molecular weight is 626 g/mol. The monoisotopic (exact) mass is 625 g/mol. The van der Waals surface area contributed by atoms with Gasteiger partial charge in [0.1, 0.15) is 11.6 Å². The lowest BCUT2D eigenvalue weighted by Crippen LogP contribution is -2.47. The Hall–Kier alpha value is -1.75. The van der Waals surface area contributed by atoms with Crippen molar-refractivity contribution in [3.8, 4) is 11.1 Å². The van der Waals surface area contributed by atoms with Crippen molar-refractivity contribution in [3.63, 3.8) is 0 Å². The van der Waals surface area contributed by atoms with E-state index in [4.69, 9.17) is 5.73 Å². The molecule has 3 atom stereocenters. The predicted octanol–water partition coefficient (Wildman–Crippen LogP) is 5.05. The number of hydrogen-bond donors (Lipinski definition) is 4. The zero-order chi connectivity index (χ0) is 26.5. The molecule has 4 rings (SSSR count). The van der Waals surface area contributed by atoms with Crippen molar-refractivity contribution in [1.82, 2.24) is 10.6 Å². The largest absolute Gasteiger partial charge is 0.378 e. The molecule has 0 aromatic heterocycles. The molecule has 2 aliphatic carbocycles. The SMILES string of the molecule is C=IC(F)(F)CNC(=O)C1(CCCCCNC(O)C2CCCC(N)C2)c2ccccc2-c2ccccc21. The number of fused-ring (bicyclic) bond motifs is 3. The number of benzene rings is 2. The van der Waals surface area contributed by atoms with Gasteiger partial charge in [-0.25, -0.2) is 0 Å². The third-order valence-corrected chi connectivity index (χ3v) is 9.38. The van der Waals surface area contributed by atoms with E-state index in [0.29, 0.717) is 13.0 Å². The Bertz CT molecular complexity index is 1050. The molecule has 0 radical (unpaired) electrons. The molecule has 1 saturated carbocycles. The fourth-order valence-electron chi connectivity index (χ4n) is 5.99. The van der Waals surface area contributed by atoms with Crippen molar-refractivity contribution in [2.45, 2.75) is 73.0 Å². The number of aliphatic hydroxyl groups excluding tert-OH is 1. The lowest BCUT2D eigenvalue weighted by Gasteiger charge is -2.32. The third kappa shape index (κ3) is 6.29. The van der Waals surface area contributed by atoms with Gasteiger partial charge in [0.15, 0.2) is 0 Å². The smallest absolute Gasteiger partial charge is 0.308 e. The standard InChI is InChI=1S/C29H38F2IN3O2/c1-32-29(30,31)19-35-27(37)28(24-14-5-3-12-22(24)23-13-4-6-15-25(23)28)16-7-2-8-17-34-26(36)20-10-9-11-21(33)18-20/h3-6,12-15,20-21,26,34,36H,1-2,7-11,16-19,33H2,(H,35,37). The van der Waals surface area contributed by atoms with Crippen LogP contribution in [0.5, 0.6) is 0 Å². The van der Waals surface area contributed by atoms with Gasteiger partial charge in [-0.2, -0.15) is 8.78 Å². The number of carbonyl (C=O) groups excluding carboxylic acids is 1. The van der Waals surface area contributed by atoms with Crippen LogP contribution < -0.4 is 16.4 Å². The first-order valence-electron chi connectivity index (χ1n) is 13.2. The van der Waals surface area contributed by atoms with E-state index in [1.165, 1.54) is 0 Å². The minimum absolute atomic E-state index is 0.171. The van der Waals surface area contributed by atoms with Gasteiger partial charge in [0.2, 0.25) is 5.91 Å². The molecule has 0 heterocycles. The number of hydrogen-bond acceptors (Lipinski definition) is 4. The van der Waals surface area contributed by atoms with E-state index < -0.39 is 42.8 Å². The molecule has 0 bridgehead atoms. The van der Waals surface area contributed by atoms with E-state index >= 15 is 0 Å². The first-order valence-corrected chi connectivity index (χ1v) is 15.8. The van der Waals surface area contributed by atoms with E-state index in [0.717, 1.165) is 67.2 Å². The zero-order valence-electron chi connectivity index (χ0n) is 21.2. The summed E-state index contributed by atoms with van der Waals surface area (Å²) in [7, 11) is 0.